The molecule has 8 heteroatoms. The summed E-state index contributed by atoms with van der Waals surface area (Å²) in [7, 11) is 1.61. The molecule has 0 aliphatic carbocycles. The molecule has 0 spiro atoms. The number of nitro groups is 1. The molecule has 1 aromatic heterocycles. The van der Waals surface area contributed by atoms with Crippen LogP contribution in [-0.4, -0.2) is 24.5 Å². The number of methoxy groups -OCH3 is 1. The Kier molecular flexibility index (Phi) is 5.39. The number of hydrogen-bond donors (Lipinski definition) is 1. The van der Waals surface area contributed by atoms with Crippen LogP contribution in [-0.2, 0) is 6.42 Å². The fourth-order valence-electron chi connectivity index (χ4n) is 2.51. The second kappa shape index (κ2) is 7.72. The lowest BCUT2D eigenvalue weighted by Gasteiger charge is -2.05. The van der Waals surface area contributed by atoms with Gasteiger partial charge in [-0.05, 0) is 30.2 Å². The van der Waals surface area contributed by atoms with Gasteiger partial charge in [0.15, 0.2) is 0 Å². The van der Waals surface area contributed by atoms with Gasteiger partial charge in [0.1, 0.15) is 10.6 Å². The van der Waals surface area contributed by atoms with Crippen molar-refractivity contribution in [2.75, 3.05) is 13.7 Å². The van der Waals surface area contributed by atoms with Crippen molar-refractivity contribution >= 4 is 44.6 Å². The first-order valence-corrected chi connectivity index (χ1v) is 8.96. The molecular weight excluding hydrogens is 376 g/mol. The minimum Gasteiger partial charge on any atom is -0.497 e. The molecule has 134 valence electrons. The molecule has 1 heterocycles. The van der Waals surface area contributed by atoms with Gasteiger partial charge in [0.05, 0.1) is 17.1 Å². The van der Waals surface area contributed by atoms with Crippen LogP contribution in [0.4, 0.5) is 5.69 Å². The van der Waals surface area contributed by atoms with Crippen molar-refractivity contribution in [3.63, 3.8) is 0 Å². The fraction of sp³-hybridized carbons (Fsp3) is 0.167. The van der Waals surface area contributed by atoms with Gasteiger partial charge in [-0.25, -0.2) is 0 Å². The van der Waals surface area contributed by atoms with E-state index in [9.17, 15) is 14.9 Å². The van der Waals surface area contributed by atoms with E-state index in [0.29, 0.717) is 33.0 Å². The monoisotopic (exact) mass is 390 g/mol. The van der Waals surface area contributed by atoms with Crippen molar-refractivity contribution in [1.82, 2.24) is 5.32 Å². The number of ether oxygens (including phenoxy) is 1. The Labute approximate surface area is 158 Å². The zero-order chi connectivity index (χ0) is 18.7. The number of benzene rings is 2. The molecule has 0 fully saturated rings. The molecule has 3 aromatic rings. The van der Waals surface area contributed by atoms with Crippen LogP contribution in [0.1, 0.15) is 15.2 Å². The lowest BCUT2D eigenvalue weighted by molar-refractivity contribution is -0.384. The van der Waals surface area contributed by atoms with Gasteiger partial charge in [-0.1, -0.05) is 23.7 Å². The van der Waals surface area contributed by atoms with Gasteiger partial charge in [-0.3, -0.25) is 14.9 Å². The van der Waals surface area contributed by atoms with Crippen LogP contribution >= 0.6 is 22.9 Å². The Hall–Kier alpha value is -2.64. The second-order valence-corrected chi connectivity index (χ2v) is 6.97. The van der Waals surface area contributed by atoms with E-state index < -0.39 is 4.92 Å². The number of carbonyl (C=O) groups excluding carboxylic acids is 1. The van der Waals surface area contributed by atoms with Gasteiger partial charge in [0.25, 0.3) is 11.6 Å². The Morgan fingerprint density at radius 1 is 1.27 bits per heavy atom. The number of thiophene rings is 1. The first-order valence-electron chi connectivity index (χ1n) is 7.77. The summed E-state index contributed by atoms with van der Waals surface area (Å²) in [4.78, 5) is 23.2. The summed E-state index contributed by atoms with van der Waals surface area (Å²) >= 11 is 7.43. The number of fused-ring (bicyclic) bond motifs is 1. The number of carbonyl (C=O) groups is 1. The molecule has 1 amide bonds. The minimum atomic E-state index is -0.471. The molecule has 0 aliphatic rings. The summed E-state index contributed by atoms with van der Waals surface area (Å²) in [5.74, 6) is 0.497. The summed E-state index contributed by atoms with van der Waals surface area (Å²) in [6.45, 7) is 0.454. The lowest BCUT2D eigenvalue weighted by Crippen LogP contribution is -2.25. The summed E-state index contributed by atoms with van der Waals surface area (Å²) in [5.41, 5.74) is 1.05. The third-order valence-electron chi connectivity index (χ3n) is 3.89. The van der Waals surface area contributed by atoms with Crippen LogP contribution < -0.4 is 10.1 Å². The van der Waals surface area contributed by atoms with Crippen LogP contribution in [0.2, 0.25) is 5.02 Å². The number of nitrogens with zero attached hydrogens (tertiary/aromatic N) is 1. The fourth-order valence-corrected chi connectivity index (χ4v) is 3.97. The van der Waals surface area contributed by atoms with Crippen molar-refractivity contribution in [1.29, 1.82) is 0 Å². The minimum absolute atomic E-state index is 0.0260. The molecule has 26 heavy (non-hydrogen) atoms. The van der Waals surface area contributed by atoms with Crippen molar-refractivity contribution in [2.45, 2.75) is 6.42 Å². The number of hydrogen-bond acceptors (Lipinski definition) is 5. The van der Waals surface area contributed by atoms with Gasteiger partial charge in [0.2, 0.25) is 0 Å². The molecule has 6 nitrogen and oxygen atoms in total. The van der Waals surface area contributed by atoms with Gasteiger partial charge < -0.3 is 10.1 Å². The van der Waals surface area contributed by atoms with Crippen LogP contribution in [0.25, 0.3) is 10.1 Å². The molecule has 1 N–H and O–H groups in total. The third kappa shape index (κ3) is 3.79. The first-order chi connectivity index (χ1) is 12.5. The highest BCUT2D eigenvalue weighted by Gasteiger charge is 2.18. The van der Waals surface area contributed by atoms with Crippen LogP contribution in [0, 0.1) is 10.1 Å². The Balaban J connectivity index is 1.69. The average molecular weight is 391 g/mol. The van der Waals surface area contributed by atoms with Gasteiger partial charge in [0, 0.05) is 28.8 Å². The predicted molar refractivity (Wildman–Crippen MR) is 103 cm³/mol. The molecule has 0 atom stereocenters. The van der Waals surface area contributed by atoms with E-state index in [-0.39, 0.29) is 11.6 Å². The number of nitrogens with one attached hydrogen (secondary N) is 1. The summed E-state index contributed by atoms with van der Waals surface area (Å²) < 4.78 is 5.72. The quantitative estimate of drug-likeness (QED) is 0.498. The van der Waals surface area contributed by atoms with Crippen molar-refractivity contribution in [3.8, 4) is 5.75 Å². The molecule has 3 rings (SSSR count). The Bertz CT molecular complexity index is 969. The Morgan fingerprint density at radius 2 is 2.00 bits per heavy atom. The first kappa shape index (κ1) is 18.2. The van der Waals surface area contributed by atoms with Crippen molar-refractivity contribution < 1.29 is 14.5 Å². The van der Waals surface area contributed by atoms with Gasteiger partial charge in [-0.2, -0.15) is 0 Å². The van der Waals surface area contributed by atoms with Gasteiger partial charge >= 0.3 is 0 Å². The van der Waals surface area contributed by atoms with E-state index in [4.69, 9.17) is 16.3 Å². The Morgan fingerprint density at radius 3 is 2.65 bits per heavy atom. The smallest absolute Gasteiger partial charge is 0.270 e. The second-order valence-electron chi connectivity index (χ2n) is 5.54. The molecule has 2 aromatic carbocycles. The normalized spacial score (nSPS) is 10.7. The topological polar surface area (TPSA) is 81.5 Å². The van der Waals surface area contributed by atoms with E-state index >= 15 is 0 Å². The number of nitro benzene ring substituents is 1. The van der Waals surface area contributed by atoms with E-state index in [1.165, 1.54) is 12.1 Å². The maximum atomic E-state index is 12.4. The standard InChI is InChI=1S/C18H15ClN2O4S/c1-25-13-5-2-11(3-6-13)8-9-20-18(22)17-16(19)14-7-4-12(21(23)24)10-15(14)26-17/h2-7,10H,8-9H2,1H3,(H,20,22). The van der Waals surface area contributed by atoms with Crippen LogP contribution in [0.3, 0.4) is 0 Å². The van der Waals surface area contributed by atoms with E-state index in [0.717, 1.165) is 22.6 Å². The number of halogens is 1. The van der Waals surface area contributed by atoms with Crippen molar-refractivity contribution in [3.05, 3.63) is 68.0 Å². The van der Waals surface area contributed by atoms with Crippen molar-refractivity contribution in [2.24, 2.45) is 0 Å². The largest absolute Gasteiger partial charge is 0.497 e. The number of non-ortho nitro benzene ring substituents is 1. The molecule has 0 radical (unpaired) electrons. The maximum Gasteiger partial charge on any atom is 0.270 e. The zero-order valence-corrected chi connectivity index (χ0v) is 15.4. The highest BCUT2D eigenvalue weighted by molar-refractivity contribution is 7.21. The lowest BCUT2D eigenvalue weighted by atomic mass is 10.1. The molecular formula is C18H15ClN2O4S. The van der Waals surface area contributed by atoms with Crippen LogP contribution in [0.5, 0.6) is 5.75 Å². The van der Waals surface area contributed by atoms with Crippen LogP contribution in [0.15, 0.2) is 42.5 Å². The van der Waals surface area contributed by atoms with E-state index in [1.54, 1.807) is 13.2 Å². The third-order valence-corrected chi connectivity index (χ3v) is 5.54. The highest BCUT2D eigenvalue weighted by atomic mass is 35.5. The number of amides is 1. The molecule has 0 saturated carbocycles. The average Bonchev–Trinajstić information content (AvgIpc) is 2.98. The SMILES string of the molecule is COc1ccc(CCNC(=O)c2sc3cc([N+](=O)[O-])ccc3c2Cl)cc1. The van der Waals surface area contributed by atoms with Gasteiger partial charge in [-0.15, -0.1) is 11.3 Å². The molecule has 0 unspecified atom stereocenters. The molecule has 0 aliphatic heterocycles. The van der Waals surface area contributed by atoms with E-state index in [2.05, 4.69) is 5.32 Å². The molecule has 0 saturated heterocycles. The summed E-state index contributed by atoms with van der Waals surface area (Å²) in [6.07, 6.45) is 0.670. The highest BCUT2D eigenvalue weighted by Crippen LogP contribution is 2.37. The summed E-state index contributed by atoms with van der Waals surface area (Å²) in [5, 5.41) is 14.7. The van der Waals surface area contributed by atoms with E-state index in [1.807, 2.05) is 24.3 Å². The summed E-state index contributed by atoms with van der Waals surface area (Å²) in [6, 6.07) is 12.0. The zero-order valence-electron chi connectivity index (χ0n) is 13.8. The molecule has 0 bridgehead atoms. The maximum absolute atomic E-state index is 12.4. The predicted octanol–water partition coefficient (Wildman–Crippen LogP) is 4.44. The number of rotatable bonds is 6.